The lowest BCUT2D eigenvalue weighted by Crippen LogP contribution is -2.29. The van der Waals surface area contributed by atoms with Crippen LogP contribution in [0.2, 0.25) is 0 Å². The SMILES string of the molecule is CSc1ccc(C2c3c(oc4cc(C)c(C)cc4c3=O)C(=O)N2Cc2ccc3c(c2)OCO3)cc1. The van der Waals surface area contributed by atoms with Crippen LogP contribution in [0.15, 0.2) is 68.7 Å². The summed E-state index contributed by atoms with van der Waals surface area (Å²) in [6, 6.07) is 16.8. The van der Waals surface area contributed by atoms with Crippen LogP contribution in [0.5, 0.6) is 11.5 Å². The first-order chi connectivity index (χ1) is 16.9. The van der Waals surface area contributed by atoms with Crippen molar-refractivity contribution in [3.05, 3.63) is 98.4 Å². The molecule has 0 saturated heterocycles. The number of amides is 1. The Bertz CT molecular complexity index is 1560. The normalized spacial score (nSPS) is 16.3. The molecule has 3 heterocycles. The van der Waals surface area contributed by atoms with Crippen molar-refractivity contribution in [1.82, 2.24) is 4.90 Å². The van der Waals surface area contributed by atoms with Gasteiger partial charge in [-0.25, -0.2) is 0 Å². The second kappa shape index (κ2) is 8.20. The van der Waals surface area contributed by atoms with Gasteiger partial charge in [0.15, 0.2) is 16.9 Å². The summed E-state index contributed by atoms with van der Waals surface area (Å²) >= 11 is 1.64. The van der Waals surface area contributed by atoms with E-state index in [1.807, 2.05) is 74.7 Å². The van der Waals surface area contributed by atoms with E-state index in [0.717, 1.165) is 27.1 Å². The Morgan fingerprint density at radius 1 is 0.943 bits per heavy atom. The number of carbonyl (C=O) groups is 1. The Balaban J connectivity index is 1.52. The first-order valence-corrected chi connectivity index (χ1v) is 12.6. The Morgan fingerprint density at radius 2 is 1.69 bits per heavy atom. The number of fused-ring (bicyclic) bond motifs is 3. The van der Waals surface area contributed by atoms with Crippen molar-refractivity contribution in [2.45, 2.75) is 31.3 Å². The molecular formula is C28H23NO5S. The minimum Gasteiger partial charge on any atom is -0.454 e. The fourth-order valence-electron chi connectivity index (χ4n) is 4.81. The summed E-state index contributed by atoms with van der Waals surface area (Å²) in [6.07, 6.45) is 2.01. The molecule has 1 unspecified atom stereocenters. The van der Waals surface area contributed by atoms with Crippen LogP contribution < -0.4 is 14.9 Å². The summed E-state index contributed by atoms with van der Waals surface area (Å²) in [5.74, 6) is 1.15. The highest BCUT2D eigenvalue weighted by Crippen LogP contribution is 2.41. The number of nitrogens with zero attached hydrogens (tertiary/aromatic N) is 1. The van der Waals surface area contributed by atoms with Gasteiger partial charge < -0.3 is 18.8 Å². The molecule has 7 heteroatoms. The van der Waals surface area contributed by atoms with Crippen LogP contribution >= 0.6 is 11.8 Å². The summed E-state index contributed by atoms with van der Waals surface area (Å²) in [5.41, 5.74) is 4.43. The highest BCUT2D eigenvalue weighted by atomic mass is 32.2. The van der Waals surface area contributed by atoms with Gasteiger partial charge in [-0.15, -0.1) is 11.8 Å². The third-order valence-electron chi connectivity index (χ3n) is 6.80. The van der Waals surface area contributed by atoms with Crippen molar-refractivity contribution in [2.24, 2.45) is 0 Å². The van der Waals surface area contributed by atoms with E-state index < -0.39 is 6.04 Å². The second-order valence-corrected chi connectivity index (χ2v) is 9.78. The number of ether oxygens (including phenoxy) is 2. The first kappa shape index (κ1) is 21.8. The van der Waals surface area contributed by atoms with Gasteiger partial charge in [0.1, 0.15) is 5.58 Å². The molecular weight excluding hydrogens is 462 g/mol. The van der Waals surface area contributed by atoms with Crippen LogP contribution in [0.25, 0.3) is 11.0 Å². The maximum atomic E-state index is 13.8. The minimum absolute atomic E-state index is 0.116. The summed E-state index contributed by atoms with van der Waals surface area (Å²) in [5, 5.41) is 0.496. The summed E-state index contributed by atoms with van der Waals surface area (Å²) < 4.78 is 17.1. The average molecular weight is 486 g/mol. The Kier molecular flexibility index (Phi) is 5.11. The van der Waals surface area contributed by atoms with E-state index in [1.54, 1.807) is 16.7 Å². The van der Waals surface area contributed by atoms with Crippen LogP contribution in [-0.4, -0.2) is 23.9 Å². The molecule has 4 aromatic rings. The maximum Gasteiger partial charge on any atom is 0.291 e. The van der Waals surface area contributed by atoms with Crippen molar-refractivity contribution in [2.75, 3.05) is 13.0 Å². The predicted molar refractivity (Wildman–Crippen MR) is 134 cm³/mol. The zero-order valence-electron chi connectivity index (χ0n) is 19.6. The molecule has 0 fully saturated rings. The molecule has 1 atom stereocenters. The molecule has 6 rings (SSSR count). The van der Waals surface area contributed by atoms with Gasteiger partial charge in [-0.3, -0.25) is 9.59 Å². The van der Waals surface area contributed by atoms with Crippen LogP contribution in [0, 0.1) is 13.8 Å². The molecule has 2 aliphatic heterocycles. The van der Waals surface area contributed by atoms with Crippen molar-refractivity contribution >= 4 is 28.6 Å². The third-order valence-corrected chi connectivity index (χ3v) is 7.55. The Morgan fingerprint density at radius 3 is 2.46 bits per heavy atom. The molecule has 0 N–H and O–H groups in total. The first-order valence-electron chi connectivity index (χ1n) is 11.4. The van der Waals surface area contributed by atoms with Crippen LogP contribution in [0.3, 0.4) is 0 Å². The number of hydrogen-bond donors (Lipinski definition) is 0. The van der Waals surface area contributed by atoms with Gasteiger partial charge in [-0.05, 0) is 78.8 Å². The van der Waals surface area contributed by atoms with Crippen molar-refractivity contribution in [1.29, 1.82) is 0 Å². The van der Waals surface area contributed by atoms with Gasteiger partial charge in [-0.2, -0.15) is 0 Å². The fourth-order valence-corrected chi connectivity index (χ4v) is 5.22. The van der Waals surface area contributed by atoms with Gasteiger partial charge >= 0.3 is 0 Å². The monoisotopic (exact) mass is 485 g/mol. The van der Waals surface area contributed by atoms with Gasteiger partial charge in [0, 0.05) is 11.4 Å². The largest absolute Gasteiger partial charge is 0.454 e. The number of benzene rings is 3. The molecule has 3 aromatic carbocycles. The van der Waals surface area contributed by atoms with E-state index >= 15 is 0 Å². The molecule has 0 aliphatic carbocycles. The average Bonchev–Trinajstić information content (AvgIpc) is 3.43. The van der Waals surface area contributed by atoms with Crippen molar-refractivity contribution in [3.8, 4) is 11.5 Å². The van der Waals surface area contributed by atoms with Crippen LogP contribution in [-0.2, 0) is 6.54 Å². The number of carbonyl (C=O) groups excluding carboxylic acids is 1. The second-order valence-electron chi connectivity index (χ2n) is 8.90. The van der Waals surface area contributed by atoms with E-state index in [1.165, 1.54) is 0 Å². The number of hydrogen-bond acceptors (Lipinski definition) is 6. The number of thioether (sulfide) groups is 1. The molecule has 0 radical (unpaired) electrons. The van der Waals surface area contributed by atoms with E-state index in [9.17, 15) is 9.59 Å². The maximum absolute atomic E-state index is 13.8. The highest BCUT2D eigenvalue weighted by Gasteiger charge is 2.42. The molecule has 6 nitrogen and oxygen atoms in total. The zero-order chi connectivity index (χ0) is 24.3. The van der Waals surface area contributed by atoms with Gasteiger partial charge in [0.05, 0.1) is 17.0 Å². The predicted octanol–water partition coefficient (Wildman–Crippen LogP) is 5.61. The van der Waals surface area contributed by atoms with Crippen molar-refractivity contribution < 1.29 is 18.7 Å². The van der Waals surface area contributed by atoms with Crippen molar-refractivity contribution in [3.63, 3.8) is 0 Å². The lowest BCUT2D eigenvalue weighted by molar-refractivity contribution is 0.0714. The highest BCUT2D eigenvalue weighted by molar-refractivity contribution is 7.98. The summed E-state index contributed by atoms with van der Waals surface area (Å²) in [4.78, 5) is 30.3. The molecule has 1 aromatic heterocycles. The van der Waals surface area contributed by atoms with Crippen LogP contribution in [0.1, 0.15) is 44.4 Å². The van der Waals surface area contributed by atoms with E-state index in [4.69, 9.17) is 13.9 Å². The molecule has 2 aliphatic rings. The van der Waals surface area contributed by atoms with E-state index in [2.05, 4.69) is 0 Å². The molecule has 176 valence electrons. The number of aryl methyl sites for hydroxylation is 2. The summed E-state index contributed by atoms with van der Waals surface area (Å²) in [6.45, 7) is 4.41. The quantitative estimate of drug-likeness (QED) is 0.350. The van der Waals surface area contributed by atoms with Crippen LogP contribution in [0.4, 0.5) is 0 Å². The fraction of sp³-hybridized carbons (Fsp3) is 0.214. The molecule has 0 bridgehead atoms. The smallest absolute Gasteiger partial charge is 0.291 e. The Labute approximate surface area is 206 Å². The lowest BCUT2D eigenvalue weighted by Gasteiger charge is -2.25. The topological polar surface area (TPSA) is 69.0 Å². The minimum atomic E-state index is -0.555. The zero-order valence-corrected chi connectivity index (χ0v) is 20.4. The standard InChI is InChI=1S/C28H23NO5S/c1-15-10-20-22(11-16(15)2)34-27-24(26(20)30)25(18-5-7-19(35-3)8-6-18)29(28(27)31)13-17-4-9-21-23(12-17)33-14-32-21/h4-12,25H,13-14H2,1-3H3. The van der Waals surface area contributed by atoms with E-state index in [-0.39, 0.29) is 23.9 Å². The number of rotatable bonds is 4. The Hall–Kier alpha value is -3.71. The molecule has 1 amide bonds. The van der Waals surface area contributed by atoms with Gasteiger partial charge in [0.25, 0.3) is 5.91 Å². The summed E-state index contributed by atoms with van der Waals surface area (Å²) in [7, 11) is 0. The molecule has 35 heavy (non-hydrogen) atoms. The molecule has 0 saturated carbocycles. The lowest BCUT2D eigenvalue weighted by atomic mass is 9.97. The van der Waals surface area contributed by atoms with Gasteiger partial charge in [-0.1, -0.05) is 18.2 Å². The van der Waals surface area contributed by atoms with Gasteiger partial charge in [0.2, 0.25) is 12.6 Å². The van der Waals surface area contributed by atoms with E-state index in [0.29, 0.717) is 34.6 Å². The molecule has 0 spiro atoms. The third kappa shape index (κ3) is 3.49.